The first-order valence-corrected chi connectivity index (χ1v) is 6.87. The van der Waals surface area contributed by atoms with Gasteiger partial charge < -0.3 is 15.4 Å². The summed E-state index contributed by atoms with van der Waals surface area (Å²) >= 11 is 6.19. The number of nitrogens with two attached hydrogens (primary N) is 1. The predicted molar refractivity (Wildman–Crippen MR) is 85.3 cm³/mol. The zero-order valence-electron chi connectivity index (χ0n) is 11.8. The number of aromatic nitrogens is 1. The molecule has 2 heterocycles. The van der Waals surface area contributed by atoms with E-state index in [1.807, 2.05) is 25.1 Å². The van der Waals surface area contributed by atoms with Gasteiger partial charge in [0.1, 0.15) is 17.3 Å². The van der Waals surface area contributed by atoms with Crippen LogP contribution in [0.4, 0.5) is 17.1 Å². The van der Waals surface area contributed by atoms with E-state index in [4.69, 9.17) is 22.1 Å². The molecule has 0 saturated heterocycles. The zero-order chi connectivity index (χ0) is 15.0. The Morgan fingerprint density at radius 2 is 2.14 bits per heavy atom. The minimum absolute atomic E-state index is 0.489. The maximum absolute atomic E-state index is 6.19. The SMILES string of the molecule is COc1cc(Cl)cc2c1N=C(N)CN2c1cccnc1C. The molecule has 6 heteroatoms. The van der Waals surface area contributed by atoms with Crippen molar-refractivity contribution in [2.75, 3.05) is 18.6 Å². The van der Waals surface area contributed by atoms with Gasteiger partial charge in [0.15, 0.2) is 0 Å². The van der Waals surface area contributed by atoms with Crippen LogP contribution in [0.2, 0.25) is 5.02 Å². The lowest BCUT2D eigenvalue weighted by atomic mass is 10.1. The van der Waals surface area contributed by atoms with Crippen LogP contribution in [0.1, 0.15) is 5.69 Å². The Balaban J connectivity index is 2.22. The number of pyridine rings is 1. The lowest BCUT2D eigenvalue weighted by Crippen LogP contribution is -2.33. The molecule has 3 rings (SSSR count). The number of anilines is 2. The van der Waals surface area contributed by atoms with E-state index in [-0.39, 0.29) is 0 Å². The van der Waals surface area contributed by atoms with Gasteiger partial charge in [0.25, 0.3) is 0 Å². The third-order valence-electron chi connectivity index (χ3n) is 3.38. The molecule has 21 heavy (non-hydrogen) atoms. The van der Waals surface area contributed by atoms with E-state index < -0.39 is 0 Å². The molecule has 0 unspecified atom stereocenters. The first-order valence-electron chi connectivity index (χ1n) is 6.50. The van der Waals surface area contributed by atoms with E-state index in [0.717, 1.165) is 17.1 Å². The number of hydrogen-bond donors (Lipinski definition) is 1. The minimum Gasteiger partial charge on any atom is -0.494 e. The quantitative estimate of drug-likeness (QED) is 0.925. The molecule has 1 aliphatic heterocycles. The number of methoxy groups -OCH3 is 1. The summed E-state index contributed by atoms with van der Waals surface area (Å²) in [4.78, 5) is 10.8. The third-order valence-corrected chi connectivity index (χ3v) is 3.59. The normalized spacial score (nSPS) is 13.7. The summed E-state index contributed by atoms with van der Waals surface area (Å²) in [5, 5.41) is 0.591. The maximum atomic E-state index is 6.19. The molecule has 0 amide bonds. The molecule has 2 aromatic rings. The van der Waals surface area contributed by atoms with Gasteiger partial charge in [0.05, 0.1) is 30.7 Å². The third kappa shape index (κ3) is 2.40. The number of benzene rings is 1. The number of aliphatic imine (C=N–C) groups is 1. The van der Waals surface area contributed by atoms with Crippen molar-refractivity contribution in [3.8, 4) is 5.75 Å². The Hall–Kier alpha value is -2.27. The van der Waals surface area contributed by atoms with Crippen LogP contribution < -0.4 is 15.4 Å². The number of rotatable bonds is 2. The van der Waals surface area contributed by atoms with Gasteiger partial charge in [-0.05, 0) is 25.1 Å². The summed E-state index contributed by atoms with van der Waals surface area (Å²) in [7, 11) is 1.59. The smallest absolute Gasteiger partial charge is 0.148 e. The van der Waals surface area contributed by atoms with Crippen LogP contribution >= 0.6 is 11.6 Å². The molecule has 2 N–H and O–H groups in total. The van der Waals surface area contributed by atoms with Crippen molar-refractivity contribution in [2.45, 2.75) is 6.92 Å². The molecule has 1 aromatic carbocycles. The molecular formula is C15H15ClN4O. The zero-order valence-corrected chi connectivity index (χ0v) is 12.6. The van der Waals surface area contributed by atoms with E-state index >= 15 is 0 Å². The topological polar surface area (TPSA) is 63.7 Å². The van der Waals surface area contributed by atoms with Crippen molar-refractivity contribution in [1.82, 2.24) is 4.98 Å². The van der Waals surface area contributed by atoms with Crippen molar-refractivity contribution in [2.24, 2.45) is 10.7 Å². The van der Waals surface area contributed by atoms with Crippen LogP contribution in [0.3, 0.4) is 0 Å². The Labute approximate surface area is 128 Å². The highest BCUT2D eigenvalue weighted by Gasteiger charge is 2.24. The van der Waals surface area contributed by atoms with Gasteiger partial charge in [-0.1, -0.05) is 11.6 Å². The van der Waals surface area contributed by atoms with Gasteiger partial charge in [-0.25, -0.2) is 4.99 Å². The summed E-state index contributed by atoms with van der Waals surface area (Å²) in [6.45, 7) is 2.45. The Kier molecular flexibility index (Phi) is 3.43. The van der Waals surface area contributed by atoms with Crippen molar-refractivity contribution in [3.63, 3.8) is 0 Å². The van der Waals surface area contributed by atoms with Crippen LogP contribution in [0.15, 0.2) is 35.5 Å². The molecule has 0 bridgehead atoms. The molecule has 5 nitrogen and oxygen atoms in total. The predicted octanol–water partition coefficient (Wildman–Crippen LogP) is 3.19. The van der Waals surface area contributed by atoms with Crippen LogP contribution in [-0.4, -0.2) is 24.5 Å². The van der Waals surface area contributed by atoms with Crippen LogP contribution in [-0.2, 0) is 0 Å². The number of halogens is 1. The fourth-order valence-corrected chi connectivity index (χ4v) is 2.64. The number of nitrogens with zero attached hydrogens (tertiary/aromatic N) is 3. The lowest BCUT2D eigenvalue weighted by molar-refractivity contribution is 0.416. The summed E-state index contributed by atoms with van der Waals surface area (Å²) in [6.07, 6.45) is 1.76. The summed E-state index contributed by atoms with van der Waals surface area (Å²) in [5.74, 6) is 1.12. The Bertz CT molecular complexity index is 730. The molecule has 0 saturated carbocycles. The summed E-state index contributed by atoms with van der Waals surface area (Å²) < 4.78 is 5.37. The molecule has 0 spiro atoms. The monoisotopic (exact) mass is 302 g/mol. The van der Waals surface area contributed by atoms with Crippen LogP contribution in [0.5, 0.6) is 5.75 Å². The van der Waals surface area contributed by atoms with Gasteiger partial charge in [0.2, 0.25) is 0 Å². The highest BCUT2D eigenvalue weighted by molar-refractivity contribution is 6.31. The second-order valence-electron chi connectivity index (χ2n) is 4.77. The van der Waals surface area contributed by atoms with Gasteiger partial charge in [-0.15, -0.1) is 0 Å². The molecular weight excluding hydrogens is 288 g/mol. The molecule has 1 aromatic heterocycles. The highest BCUT2D eigenvalue weighted by atomic mass is 35.5. The van der Waals surface area contributed by atoms with Crippen molar-refractivity contribution < 1.29 is 4.74 Å². The number of amidine groups is 1. The Morgan fingerprint density at radius 3 is 2.86 bits per heavy atom. The molecule has 0 atom stereocenters. The molecule has 0 aliphatic carbocycles. The van der Waals surface area contributed by atoms with E-state index in [1.165, 1.54) is 0 Å². The van der Waals surface area contributed by atoms with Gasteiger partial charge >= 0.3 is 0 Å². The Morgan fingerprint density at radius 1 is 1.33 bits per heavy atom. The summed E-state index contributed by atoms with van der Waals surface area (Å²) in [6, 6.07) is 7.49. The van der Waals surface area contributed by atoms with E-state index in [1.54, 1.807) is 19.4 Å². The first-order chi connectivity index (χ1) is 10.1. The van der Waals surface area contributed by atoms with Crippen molar-refractivity contribution in [3.05, 3.63) is 41.2 Å². The maximum Gasteiger partial charge on any atom is 0.148 e. The number of ether oxygens (including phenoxy) is 1. The molecule has 1 aliphatic rings. The van der Waals surface area contributed by atoms with Crippen LogP contribution in [0.25, 0.3) is 0 Å². The average molecular weight is 303 g/mol. The van der Waals surface area contributed by atoms with E-state index in [0.29, 0.717) is 28.8 Å². The number of hydrogen-bond acceptors (Lipinski definition) is 5. The first kappa shape index (κ1) is 13.7. The van der Waals surface area contributed by atoms with E-state index in [2.05, 4.69) is 14.9 Å². The number of fused-ring (bicyclic) bond motifs is 1. The standard InChI is InChI=1S/C15H15ClN4O/c1-9-11(4-3-5-18-9)20-8-14(17)19-15-12(20)6-10(16)7-13(15)21-2/h3-7H,8H2,1-2H3,(H2,17,19). The van der Waals surface area contributed by atoms with Gasteiger partial charge in [0, 0.05) is 17.3 Å². The number of aryl methyl sites for hydroxylation is 1. The second-order valence-corrected chi connectivity index (χ2v) is 5.21. The molecule has 108 valence electrons. The minimum atomic E-state index is 0.489. The molecule has 0 fully saturated rings. The average Bonchev–Trinajstić information content (AvgIpc) is 2.47. The fraction of sp³-hybridized carbons (Fsp3) is 0.200. The molecule has 0 radical (unpaired) electrons. The highest BCUT2D eigenvalue weighted by Crippen LogP contribution is 2.45. The van der Waals surface area contributed by atoms with Gasteiger partial charge in [-0.2, -0.15) is 0 Å². The van der Waals surface area contributed by atoms with Crippen molar-refractivity contribution >= 4 is 34.5 Å². The summed E-state index contributed by atoms with van der Waals surface area (Å²) in [5.41, 5.74) is 9.43. The van der Waals surface area contributed by atoms with Gasteiger partial charge in [-0.3, -0.25) is 4.98 Å². The fourth-order valence-electron chi connectivity index (χ4n) is 2.44. The second kappa shape index (κ2) is 5.26. The van der Waals surface area contributed by atoms with Crippen molar-refractivity contribution in [1.29, 1.82) is 0 Å². The largest absolute Gasteiger partial charge is 0.494 e. The lowest BCUT2D eigenvalue weighted by Gasteiger charge is -2.30. The van der Waals surface area contributed by atoms with E-state index in [9.17, 15) is 0 Å². The van der Waals surface area contributed by atoms with Crippen LogP contribution in [0, 0.1) is 6.92 Å².